The summed E-state index contributed by atoms with van der Waals surface area (Å²) >= 11 is 0. The summed E-state index contributed by atoms with van der Waals surface area (Å²) in [5.74, 6) is 0.749. The number of H-pyrrole nitrogens is 1. The van der Waals surface area contributed by atoms with E-state index in [-0.39, 0.29) is 5.56 Å². The molecule has 144 valence electrons. The number of anilines is 1. The number of aryl methyl sites for hydroxylation is 1. The summed E-state index contributed by atoms with van der Waals surface area (Å²) in [6, 6.07) is 8.67. The average Bonchev–Trinajstić information content (AvgIpc) is 2.85. The summed E-state index contributed by atoms with van der Waals surface area (Å²) in [4.78, 5) is 27.6. The summed E-state index contributed by atoms with van der Waals surface area (Å²) in [7, 11) is 2.13. The molecule has 4 rings (SSSR count). The van der Waals surface area contributed by atoms with Crippen LogP contribution in [0, 0.1) is 6.92 Å². The Labute approximate surface area is 160 Å². The standard InChI is InChI=1S/C21H29N5O/c1-16-4-3-5-17(14-16)15-25-8-6-18-19(7-9-25)22-21(23-20(18)27)26-12-10-24(2)11-13-26/h3-5,14H,6-13,15H2,1-2H3,(H,22,23,27). The van der Waals surface area contributed by atoms with Crippen molar-refractivity contribution in [2.24, 2.45) is 0 Å². The lowest BCUT2D eigenvalue weighted by Crippen LogP contribution is -2.45. The van der Waals surface area contributed by atoms with E-state index in [0.717, 1.165) is 75.9 Å². The van der Waals surface area contributed by atoms with E-state index in [4.69, 9.17) is 4.98 Å². The third-order valence-electron chi connectivity index (χ3n) is 5.72. The summed E-state index contributed by atoms with van der Waals surface area (Å²) in [6.07, 6.45) is 1.61. The number of piperazine rings is 1. The normalized spacial score (nSPS) is 19.0. The van der Waals surface area contributed by atoms with Gasteiger partial charge in [0.25, 0.3) is 5.56 Å². The topological polar surface area (TPSA) is 55.5 Å². The zero-order valence-electron chi connectivity index (χ0n) is 16.4. The van der Waals surface area contributed by atoms with Crippen LogP contribution in [0.1, 0.15) is 22.4 Å². The largest absolute Gasteiger partial charge is 0.340 e. The van der Waals surface area contributed by atoms with Crippen LogP contribution in [0.2, 0.25) is 0 Å². The van der Waals surface area contributed by atoms with Crippen LogP contribution in [0.5, 0.6) is 0 Å². The molecule has 6 heteroatoms. The fourth-order valence-corrected chi connectivity index (χ4v) is 4.04. The van der Waals surface area contributed by atoms with Crippen molar-refractivity contribution in [3.63, 3.8) is 0 Å². The molecular formula is C21H29N5O. The molecule has 0 amide bonds. The highest BCUT2D eigenvalue weighted by molar-refractivity contribution is 5.35. The Hall–Kier alpha value is -2.18. The molecule has 0 atom stereocenters. The van der Waals surface area contributed by atoms with Crippen LogP contribution in [0.3, 0.4) is 0 Å². The number of hydrogen-bond acceptors (Lipinski definition) is 5. The fourth-order valence-electron chi connectivity index (χ4n) is 4.04. The first-order valence-electron chi connectivity index (χ1n) is 9.92. The van der Waals surface area contributed by atoms with Crippen molar-refractivity contribution in [1.82, 2.24) is 19.8 Å². The molecule has 1 aromatic heterocycles. The number of nitrogens with zero attached hydrogens (tertiary/aromatic N) is 4. The zero-order valence-corrected chi connectivity index (χ0v) is 16.4. The van der Waals surface area contributed by atoms with Gasteiger partial charge in [0.15, 0.2) is 0 Å². The van der Waals surface area contributed by atoms with Crippen molar-refractivity contribution in [1.29, 1.82) is 0 Å². The fraction of sp³-hybridized carbons (Fsp3) is 0.524. The molecule has 0 bridgehead atoms. The van der Waals surface area contributed by atoms with Crippen LogP contribution in [-0.2, 0) is 19.4 Å². The first-order chi connectivity index (χ1) is 13.1. The second kappa shape index (κ2) is 7.82. The third-order valence-corrected chi connectivity index (χ3v) is 5.72. The van der Waals surface area contributed by atoms with Crippen molar-refractivity contribution in [2.75, 3.05) is 51.2 Å². The molecule has 1 aromatic carbocycles. The van der Waals surface area contributed by atoms with Crippen molar-refractivity contribution < 1.29 is 0 Å². The maximum Gasteiger partial charge on any atom is 0.255 e. The number of aromatic amines is 1. The van der Waals surface area contributed by atoms with Gasteiger partial charge in [-0.25, -0.2) is 4.98 Å². The number of fused-ring (bicyclic) bond motifs is 1. The summed E-state index contributed by atoms with van der Waals surface area (Å²) < 4.78 is 0. The average molecular weight is 367 g/mol. The van der Waals surface area contributed by atoms with Gasteiger partial charge in [-0.2, -0.15) is 0 Å². The lowest BCUT2D eigenvalue weighted by Gasteiger charge is -2.32. The third kappa shape index (κ3) is 4.22. The first kappa shape index (κ1) is 18.2. The first-order valence-corrected chi connectivity index (χ1v) is 9.92. The second-order valence-corrected chi connectivity index (χ2v) is 7.87. The minimum absolute atomic E-state index is 0.0475. The highest BCUT2D eigenvalue weighted by atomic mass is 16.1. The van der Waals surface area contributed by atoms with E-state index in [1.807, 2.05) is 0 Å². The number of benzene rings is 1. The molecule has 0 spiro atoms. The van der Waals surface area contributed by atoms with Gasteiger partial charge < -0.3 is 9.80 Å². The predicted octanol–water partition coefficient (Wildman–Crippen LogP) is 1.43. The molecule has 6 nitrogen and oxygen atoms in total. The molecule has 27 heavy (non-hydrogen) atoms. The van der Waals surface area contributed by atoms with E-state index in [0.29, 0.717) is 0 Å². The van der Waals surface area contributed by atoms with Crippen molar-refractivity contribution in [3.8, 4) is 0 Å². The summed E-state index contributed by atoms with van der Waals surface area (Å²) in [6.45, 7) is 8.74. The van der Waals surface area contributed by atoms with E-state index >= 15 is 0 Å². The monoisotopic (exact) mass is 367 g/mol. The van der Waals surface area contributed by atoms with Crippen LogP contribution in [0.25, 0.3) is 0 Å². The Morgan fingerprint density at radius 3 is 2.63 bits per heavy atom. The Morgan fingerprint density at radius 1 is 1.07 bits per heavy atom. The molecule has 0 aliphatic carbocycles. The smallest absolute Gasteiger partial charge is 0.255 e. The molecule has 0 unspecified atom stereocenters. The Bertz CT molecular complexity index is 854. The van der Waals surface area contributed by atoms with Gasteiger partial charge in [-0.15, -0.1) is 0 Å². The SMILES string of the molecule is Cc1cccc(CN2CCc3nc(N4CCN(C)CC4)[nH]c(=O)c3CC2)c1. The van der Waals surface area contributed by atoms with Crippen LogP contribution >= 0.6 is 0 Å². The minimum atomic E-state index is 0.0475. The quantitative estimate of drug-likeness (QED) is 0.890. The predicted molar refractivity (Wildman–Crippen MR) is 108 cm³/mol. The number of rotatable bonds is 3. The molecule has 2 aliphatic rings. The van der Waals surface area contributed by atoms with Gasteiger partial charge in [0.2, 0.25) is 5.95 Å². The minimum Gasteiger partial charge on any atom is -0.340 e. The molecule has 0 radical (unpaired) electrons. The Balaban J connectivity index is 1.49. The van der Waals surface area contributed by atoms with Crippen LogP contribution < -0.4 is 10.5 Å². The van der Waals surface area contributed by atoms with Crippen molar-refractivity contribution in [2.45, 2.75) is 26.3 Å². The van der Waals surface area contributed by atoms with Gasteiger partial charge in [0.1, 0.15) is 0 Å². The van der Waals surface area contributed by atoms with Crippen molar-refractivity contribution in [3.05, 3.63) is 57.0 Å². The molecule has 2 aliphatic heterocycles. The number of aromatic nitrogens is 2. The van der Waals surface area contributed by atoms with Crippen LogP contribution in [-0.4, -0.2) is 66.1 Å². The van der Waals surface area contributed by atoms with E-state index < -0.39 is 0 Å². The van der Waals surface area contributed by atoms with Crippen LogP contribution in [0.15, 0.2) is 29.1 Å². The maximum atomic E-state index is 12.7. The van der Waals surface area contributed by atoms with Gasteiger partial charge in [-0.05, 0) is 26.0 Å². The van der Waals surface area contributed by atoms with Gasteiger partial charge in [-0.3, -0.25) is 14.7 Å². The van der Waals surface area contributed by atoms with Gasteiger partial charge in [0.05, 0.1) is 5.69 Å². The maximum absolute atomic E-state index is 12.7. The van der Waals surface area contributed by atoms with E-state index in [1.54, 1.807) is 0 Å². The van der Waals surface area contributed by atoms with E-state index in [1.165, 1.54) is 11.1 Å². The molecular weight excluding hydrogens is 338 g/mol. The number of hydrogen-bond donors (Lipinski definition) is 1. The molecule has 3 heterocycles. The molecule has 1 fully saturated rings. The Morgan fingerprint density at radius 2 is 1.85 bits per heavy atom. The highest BCUT2D eigenvalue weighted by Crippen LogP contribution is 2.17. The van der Waals surface area contributed by atoms with Crippen molar-refractivity contribution >= 4 is 5.95 Å². The lowest BCUT2D eigenvalue weighted by molar-refractivity contribution is 0.279. The molecule has 1 saturated heterocycles. The number of nitrogens with one attached hydrogen (secondary N) is 1. The highest BCUT2D eigenvalue weighted by Gasteiger charge is 2.22. The molecule has 2 aromatic rings. The van der Waals surface area contributed by atoms with Gasteiger partial charge >= 0.3 is 0 Å². The lowest BCUT2D eigenvalue weighted by atomic mass is 10.1. The van der Waals surface area contributed by atoms with Crippen LogP contribution in [0.4, 0.5) is 5.95 Å². The summed E-state index contributed by atoms with van der Waals surface area (Å²) in [5, 5.41) is 0. The zero-order chi connectivity index (χ0) is 18.8. The second-order valence-electron chi connectivity index (χ2n) is 7.87. The van der Waals surface area contributed by atoms with E-state index in [9.17, 15) is 4.79 Å². The van der Waals surface area contributed by atoms with Gasteiger partial charge in [0, 0.05) is 57.8 Å². The summed E-state index contributed by atoms with van der Waals surface area (Å²) in [5.41, 5.74) is 4.53. The van der Waals surface area contributed by atoms with Gasteiger partial charge in [-0.1, -0.05) is 29.8 Å². The Kier molecular flexibility index (Phi) is 5.27. The molecule has 1 N–H and O–H groups in total. The van der Waals surface area contributed by atoms with E-state index in [2.05, 4.69) is 57.9 Å². The molecule has 0 saturated carbocycles. The number of likely N-dealkylation sites (N-methyl/N-ethyl adjacent to an activating group) is 1.